The molecule has 0 saturated carbocycles. The monoisotopic (exact) mass is 493 g/mol. The van der Waals surface area contributed by atoms with Crippen molar-refractivity contribution in [3.8, 4) is 0 Å². The number of piperidine rings is 1. The number of nitrogens with one attached hydrogen (secondary N) is 2. The average molecular weight is 494 g/mol. The lowest BCUT2D eigenvalue weighted by Gasteiger charge is -2.35. The maximum Gasteiger partial charge on any atom is 0.253 e. The van der Waals surface area contributed by atoms with Gasteiger partial charge in [-0.15, -0.1) is 0 Å². The predicted octanol–water partition coefficient (Wildman–Crippen LogP) is 3.41. The Morgan fingerprint density at radius 3 is 2.67 bits per heavy atom. The Hall–Kier alpha value is -3.24. The minimum Gasteiger partial charge on any atom is -0.390 e. The van der Waals surface area contributed by atoms with E-state index in [1.54, 1.807) is 12.4 Å². The van der Waals surface area contributed by atoms with Crippen LogP contribution in [-0.4, -0.2) is 68.5 Å². The molecule has 10 nitrogen and oxygen atoms in total. The molecule has 5 heterocycles. The molecule has 5 rings (SSSR count). The second-order valence-corrected chi connectivity index (χ2v) is 10.3. The highest BCUT2D eigenvalue weighted by Crippen LogP contribution is 2.28. The maximum atomic E-state index is 13.1. The normalized spacial score (nSPS) is 18.5. The van der Waals surface area contributed by atoms with Gasteiger partial charge in [-0.3, -0.25) is 4.79 Å². The number of hydrogen-bond acceptors (Lipinski definition) is 8. The van der Waals surface area contributed by atoms with E-state index in [9.17, 15) is 9.90 Å². The topological polar surface area (TPSA) is 117 Å². The Morgan fingerprint density at radius 2 is 1.94 bits per heavy atom. The number of carbonyl (C=O) groups is 1. The summed E-state index contributed by atoms with van der Waals surface area (Å²) in [4.78, 5) is 28.9. The molecular weight excluding hydrogens is 458 g/mol. The number of nitrogens with zero attached hydrogens (tertiary/aromatic N) is 5. The highest BCUT2D eigenvalue weighted by molar-refractivity contribution is 6.07. The summed E-state index contributed by atoms with van der Waals surface area (Å²) in [5.41, 5.74) is 0.944. The fourth-order valence-corrected chi connectivity index (χ4v) is 4.82. The summed E-state index contributed by atoms with van der Waals surface area (Å²) in [6.07, 6.45) is 8.43. The van der Waals surface area contributed by atoms with Crippen molar-refractivity contribution in [2.24, 2.45) is 0 Å². The number of rotatable bonds is 6. The highest BCUT2D eigenvalue weighted by atomic mass is 16.5. The van der Waals surface area contributed by atoms with Crippen LogP contribution in [0.5, 0.6) is 0 Å². The van der Waals surface area contributed by atoms with Crippen molar-refractivity contribution >= 4 is 34.4 Å². The first-order valence-electron chi connectivity index (χ1n) is 12.8. The molecule has 3 aromatic rings. The average Bonchev–Trinajstić information content (AvgIpc) is 3.24. The molecule has 0 atom stereocenters. The Labute approximate surface area is 211 Å². The number of fused-ring (bicyclic) bond motifs is 1. The van der Waals surface area contributed by atoms with Gasteiger partial charge in [0.1, 0.15) is 11.6 Å². The molecule has 1 amide bonds. The number of hydrogen-bond donors (Lipinski definition) is 3. The summed E-state index contributed by atoms with van der Waals surface area (Å²) < 4.78 is 7.51. The van der Waals surface area contributed by atoms with Crippen LogP contribution < -0.4 is 15.5 Å². The van der Waals surface area contributed by atoms with Crippen molar-refractivity contribution in [3.05, 3.63) is 36.3 Å². The van der Waals surface area contributed by atoms with Crippen LogP contribution in [0.15, 0.2) is 30.7 Å². The van der Waals surface area contributed by atoms with Crippen molar-refractivity contribution in [1.29, 1.82) is 0 Å². The highest BCUT2D eigenvalue weighted by Gasteiger charge is 2.28. The van der Waals surface area contributed by atoms with E-state index in [1.807, 2.05) is 25.3 Å². The van der Waals surface area contributed by atoms with Crippen molar-refractivity contribution in [2.45, 2.75) is 64.1 Å². The van der Waals surface area contributed by atoms with Gasteiger partial charge < -0.3 is 29.9 Å². The number of carbonyl (C=O) groups excluding carboxylic acids is 1. The molecule has 0 aromatic carbocycles. The second-order valence-electron chi connectivity index (χ2n) is 10.3. The second kappa shape index (κ2) is 10.0. The molecule has 0 radical (unpaired) electrons. The summed E-state index contributed by atoms with van der Waals surface area (Å²) in [5.74, 6) is 1.85. The zero-order chi connectivity index (χ0) is 25.3. The smallest absolute Gasteiger partial charge is 0.253 e. The Morgan fingerprint density at radius 1 is 1.19 bits per heavy atom. The minimum absolute atomic E-state index is 0.0743. The molecule has 2 saturated heterocycles. The van der Waals surface area contributed by atoms with E-state index in [2.05, 4.69) is 48.9 Å². The predicted molar refractivity (Wildman–Crippen MR) is 139 cm³/mol. The van der Waals surface area contributed by atoms with Crippen LogP contribution in [0.2, 0.25) is 0 Å². The molecule has 0 unspecified atom stereocenters. The molecule has 36 heavy (non-hydrogen) atoms. The lowest BCUT2D eigenvalue weighted by molar-refractivity contribution is 0.0349. The molecular formula is C26H35N7O3. The Kier molecular flexibility index (Phi) is 6.81. The molecule has 10 heteroatoms. The molecule has 192 valence electrons. The van der Waals surface area contributed by atoms with Crippen molar-refractivity contribution in [2.75, 3.05) is 36.5 Å². The first-order valence-corrected chi connectivity index (χ1v) is 12.8. The summed E-state index contributed by atoms with van der Waals surface area (Å²) >= 11 is 0. The van der Waals surface area contributed by atoms with E-state index in [-0.39, 0.29) is 18.0 Å². The van der Waals surface area contributed by atoms with Gasteiger partial charge in [-0.2, -0.15) is 4.98 Å². The van der Waals surface area contributed by atoms with Crippen LogP contribution in [0.25, 0.3) is 10.9 Å². The fraction of sp³-hybridized carbons (Fsp3) is 0.538. The van der Waals surface area contributed by atoms with Gasteiger partial charge in [-0.05, 0) is 52.5 Å². The molecule has 0 spiro atoms. The SMILES string of the molecule is CC(C)n1cc(C(=O)NC2CCOCC2)c2cnc(Nc3ccnc(N4CCC(C)(O)CC4)n3)cc21. The zero-order valence-corrected chi connectivity index (χ0v) is 21.2. The van der Waals surface area contributed by atoms with Crippen molar-refractivity contribution in [1.82, 2.24) is 24.8 Å². The molecule has 0 aliphatic carbocycles. The number of aromatic nitrogens is 4. The van der Waals surface area contributed by atoms with Crippen molar-refractivity contribution in [3.63, 3.8) is 0 Å². The van der Waals surface area contributed by atoms with Gasteiger partial charge >= 0.3 is 0 Å². The maximum absolute atomic E-state index is 13.1. The lowest BCUT2D eigenvalue weighted by atomic mass is 9.94. The third-order valence-electron chi connectivity index (χ3n) is 7.10. The summed E-state index contributed by atoms with van der Waals surface area (Å²) in [5, 5.41) is 17.5. The zero-order valence-electron chi connectivity index (χ0n) is 21.2. The standard InChI is InChI=1S/C26H35N7O3/c1-17(2)33-16-20(24(34)29-18-5-12-36-13-6-18)19-15-28-23(14-21(19)33)30-22-4-9-27-25(31-22)32-10-7-26(3,35)8-11-32/h4,9,14-18,35H,5-8,10-13H2,1-3H3,(H,29,34)(H,27,28,30,31). The number of ether oxygens (including phenoxy) is 1. The first kappa shape index (κ1) is 24.5. The number of pyridine rings is 1. The lowest BCUT2D eigenvalue weighted by Crippen LogP contribution is -2.43. The van der Waals surface area contributed by atoms with Gasteiger partial charge in [-0.25, -0.2) is 9.97 Å². The van der Waals surface area contributed by atoms with Crippen LogP contribution in [0.3, 0.4) is 0 Å². The van der Waals surface area contributed by atoms with Crippen LogP contribution >= 0.6 is 0 Å². The van der Waals surface area contributed by atoms with Gasteiger partial charge in [0.2, 0.25) is 5.95 Å². The first-order chi connectivity index (χ1) is 17.3. The fourth-order valence-electron chi connectivity index (χ4n) is 4.82. The van der Waals surface area contributed by atoms with Crippen molar-refractivity contribution < 1.29 is 14.6 Å². The summed E-state index contributed by atoms with van der Waals surface area (Å²) in [7, 11) is 0. The third kappa shape index (κ3) is 5.29. The molecule has 2 aliphatic heterocycles. The van der Waals surface area contributed by atoms with Crippen LogP contribution in [0.1, 0.15) is 62.9 Å². The quantitative estimate of drug-likeness (QED) is 0.478. The van der Waals surface area contributed by atoms with Crippen LogP contribution in [-0.2, 0) is 4.74 Å². The largest absolute Gasteiger partial charge is 0.390 e. The summed E-state index contributed by atoms with van der Waals surface area (Å²) in [6.45, 7) is 8.84. The molecule has 3 N–H and O–H groups in total. The number of anilines is 3. The third-order valence-corrected chi connectivity index (χ3v) is 7.10. The van der Waals surface area contributed by atoms with E-state index >= 15 is 0 Å². The number of aliphatic hydroxyl groups is 1. The van der Waals surface area contributed by atoms with Gasteiger partial charge in [0.05, 0.1) is 16.7 Å². The molecule has 3 aromatic heterocycles. The van der Waals surface area contributed by atoms with Gasteiger partial charge in [0.25, 0.3) is 5.91 Å². The summed E-state index contributed by atoms with van der Waals surface area (Å²) in [6, 6.07) is 4.08. The Balaban J connectivity index is 1.37. The minimum atomic E-state index is -0.627. The van der Waals surface area contributed by atoms with Gasteiger partial charge in [0, 0.05) is 68.4 Å². The van der Waals surface area contributed by atoms with Crippen LogP contribution in [0, 0.1) is 0 Å². The van der Waals surface area contributed by atoms with E-state index < -0.39 is 5.60 Å². The van der Waals surface area contributed by atoms with Crippen LogP contribution in [0.4, 0.5) is 17.6 Å². The molecule has 2 aliphatic rings. The van der Waals surface area contributed by atoms with E-state index in [1.165, 1.54) is 0 Å². The van der Waals surface area contributed by atoms with Gasteiger partial charge in [-0.1, -0.05) is 0 Å². The van der Waals surface area contributed by atoms with E-state index in [0.717, 1.165) is 23.7 Å². The number of amides is 1. The van der Waals surface area contributed by atoms with E-state index in [4.69, 9.17) is 4.74 Å². The Bertz CT molecular complexity index is 1220. The molecule has 0 bridgehead atoms. The molecule has 2 fully saturated rings. The van der Waals surface area contributed by atoms with E-state index in [0.29, 0.717) is 62.3 Å². The van der Waals surface area contributed by atoms with Gasteiger partial charge in [0.15, 0.2) is 0 Å².